The van der Waals surface area contributed by atoms with Crippen LogP contribution < -0.4 is 21.9 Å². The van der Waals surface area contributed by atoms with Gasteiger partial charge in [0.25, 0.3) is 5.56 Å². The number of H-pyrrole nitrogens is 2. The van der Waals surface area contributed by atoms with E-state index in [2.05, 4.69) is 15.2 Å². The van der Waals surface area contributed by atoms with Gasteiger partial charge in [-0.25, -0.2) is 9.89 Å². The lowest BCUT2D eigenvalue weighted by Crippen LogP contribution is -2.35. The number of aromatic amines is 2. The van der Waals surface area contributed by atoms with Crippen LogP contribution in [0.15, 0.2) is 9.59 Å². The van der Waals surface area contributed by atoms with Gasteiger partial charge in [0, 0.05) is 19.1 Å². The van der Waals surface area contributed by atoms with Crippen LogP contribution in [0.1, 0.15) is 13.3 Å². The Kier molecular flexibility index (Phi) is 2.78. The van der Waals surface area contributed by atoms with Crippen LogP contribution in [0, 0.1) is 5.92 Å². The molecule has 0 spiro atoms. The Morgan fingerprint density at radius 3 is 2.88 bits per heavy atom. The summed E-state index contributed by atoms with van der Waals surface area (Å²) < 4.78 is 0. The highest BCUT2D eigenvalue weighted by Gasteiger charge is 2.27. The molecule has 1 aromatic heterocycles. The highest BCUT2D eigenvalue weighted by molar-refractivity contribution is 5.35. The van der Waals surface area contributed by atoms with Crippen LogP contribution in [0.25, 0.3) is 0 Å². The van der Waals surface area contributed by atoms with Crippen LogP contribution in [0.5, 0.6) is 0 Å². The summed E-state index contributed by atoms with van der Waals surface area (Å²) in [6.45, 7) is 3.41. The molecule has 0 aromatic carbocycles. The first-order valence-electron chi connectivity index (χ1n) is 5.27. The molecule has 7 nitrogen and oxygen atoms in total. The van der Waals surface area contributed by atoms with Crippen LogP contribution in [0.2, 0.25) is 0 Å². The molecule has 7 heteroatoms. The predicted molar refractivity (Wildman–Crippen MR) is 59.4 cm³/mol. The maximum atomic E-state index is 11.5. The van der Waals surface area contributed by atoms with Crippen LogP contribution in [0.3, 0.4) is 0 Å². The van der Waals surface area contributed by atoms with Gasteiger partial charge in [0.05, 0.1) is 0 Å². The lowest BCUT2D eigenvalue weighted by molar-refractivity contribution is 0.487. The molecule has 1 aliphatic rings. The fraction of sp³-hybridized carbons (Fsp3) is 0.667. The van der Waals surface area contributed by atoms with Gasteiger partial charge in [-0.1, -0.05) is 0 Å². The van der Waals surface area contributed by atoms with E-state index in [1.165, 1.54) is 0 Å². The quantitative estimate of drug-likeness (QED) is 0.575. The second-order valence-corrected chi connectivity index (χ2v) is 4.18. The topological polar surface area (TPSA) is 108 Å². The van der Waals surface area contributed by atoms with Crippen molar-refractivity contribution < 1.29 is 0 Å². The molecule has 2 unspecified atom stereocenters. The second kappa shape index (κ2) is 4.09. The van der Waals surface area contributed by atoms with E-state index in [1.807, 2.05) is 11.8 Å². The van der Waals surface area contributed by atoms with E-state index in [-0.39, 0.29) is 11.9 Å². The van der Waals surface area contributed by atoms with Gasteiger partial charge in [0.1, 0.15) is 0 Å². The van der Waals surface area contributed by atoms with E-state index in [9.17, 15) is 9.59 Å². The fourth-order valence-electron chi connectivity index (χ4n) is 1.96. The number of rotatable bonds is 2. The van der Waals surface area contributed by atoms with E-state index in [0.29, 0.717) is 12.5 Å². The van der Waals surface area contributed by atoms with Crippen LogP contribution in [-0.4, -0.2) is 34.3 Å². The highest BCUT2D eigenvalue weighted by atomic mass is 16.2. The minimum absolute atomic E-state index is 0.104. The van der Waals surface area contributed by atoms with Crippen molar-refractivity contribution in [1.29, 1.82) is 0 Å². The van der Waals surface area contributed by atoms with Gasteiger partial charge in [0.15, 0.2) is 0 Å². The standard InChI is InChI=1S/C9H15N5O2/c1-5(10)6-2-3-14(4-6)7-8(15)11-9(16)13-12-7/h5-6H,2-4,10H2,1H3,(H2,11,13,15,16). The van der Waals surface area contributed by atoms with E-state index in [0.717, 1.165) is 13.0 Å². The molecule has 1 saturated heterocycles. The molecule has 2 heterocycles. The maximum Gasteiger partial charge on any atom is 0.342 e. The number of nitrogens with one attached hydrogen (secondary N) is 2. The molecule has 2 rings (SSSR count). The summed E-state index contributed by atoms with van der Waals surface area (Å²) >= 11 is 0. The zero-order chi connectivity index (χ0) is 11.7. The molecule has 0 bridgehead atoms. The largest absolute Gasteiger partial charge is 0.350 e. The predicted octanol–water partition coefficient (Wildman–Crippen LogP) is -1.37. The van der Waals surface area contributed by atoms with Crippen molar-refractivity contribution in [2.24, 2.45) is 11.7 Å². The zero-order valence-corrected chi connectivity index (χ0v) is 9.06. The van der Waals surface area contributed by atoms with E-state index in [4.69, 9.17) is 5.73 Å². The minimum Gasteiger partial charge on any atom is -0.350 e. The Hall–Kier alpha value is -1.63. The molecule has 2 atom stereocenters. The average Bonchev–Trinajstić information content (AvgIpc) is 2.66. The van der Waals surface area contributed by atoms with Gasteiger partial charge in [-0.05, 0) is 19.3 Å². The molecule has 0 saturated carbocycles. The van der Waals surface area contributed by atoms with E-state index >= 15 is 0 Å². The molecule has 1 aliphatic heterocycles. The van der Waals surface area contributed by atoms with E-state index < -0.39 is 11.2 Å². The van der Waals surface area contributed by atoms with Gasteiger partial charge in [-0.2, -0.15) is 0 Å². The zero-order valence-electron chi connectivity index (χ0n) is 9.06. The lowest BCUT2D eigenvalue weighted by Gasteiger charge is -2.17. The summed E-state index contributed by atoms with van der Waals surface area (Å²) in [4.78, 5) is 26.3. The molecular weight excluding hydrogens is 210 g/mol. The molecule has 88 valence electrons. The Bertz CT molecular complexity index is 477. The van der Waals surface area contributed by atoms with Gasteiger partial charge in [0.2, 0.25) is 5.82 Å². The van der Waals surface area contributed by atoms with Crippen LogP contribution >= 0.6 is 0 Å². The summed E-state index contributed by atoms with van der Waals surface area (Å²) in [5.74, 6) is 0.635. The Labute approximate surface area is 91.7 Å². The molecule has 4 N–H and O–H groups in total. The van der Waals surface area contributed by atoms with Crippen molar-refractivity contribution in [1.82, 2.24) is 15.2 Å². The third-order valence-corrected chi connectivity index (χ3v) is 2.96. The van der Waals surface area contributed by atoms with E-state index in [1.54, 1.807) is 0 Å². The summed E-state index contributed by atoms with van der Waals surface area (Å²) in [6.07, 6.45) is 0.942. The molecule has 16 heavy (non-hydrogen) atoms. The SMILES string of the molecule is CC(N)C1CCN(c2n[nH]c(=O)[nH]c2=O)C1. The summed E-state index contributed by atoms with van der Waals surface area (Å²) in [5.41, 5.74) is 4.77. The first-order valence-corrected chi connectivity index (χ1v) is 5.27. The Morgan fingerprint density at radius 2 is 2.31 bits per heavy atom. The first kappa shape index (κ1) is 10.9. The first-order chi connectivity index (χ1) is 7.58. The van der Waals surface area contributed by atoms with Crippen molar-refractivity contribution >= 4 is 5.82 Å². The summed E-state index contributed by atoms with van der Waals surface area (Å²) in [6, 6.07) is 0.104. The van der Waals surface area contributed by atoms with Crippen molar-refractivity contribution in [3.63, 3.8) is 0 Å². The number of nitrogens with zero attached hydrogens (tertiary/aromatic N) is 2. The van der Waals surface area contributed by atoms with Gasteiger partial charge < -0.3 is 10.6 Å². The van der Waals surface area contributed by atoms with Gasteiger partial charge in [-0.15, -0.1) is 5.10 Å². The number of hydrogen-bond acceptors (Lipinski definition) is 5. The highest BCUT2D eigenvalue weighted by Crippen LogP contribution is 2.20. The van der Waals surface area contributed by atoms with Gasteiger partial charge >= 0.3 is 5.69 Å². The summed E-state index contributed by atoms with van der Waals surface area (Å²) in [7, 11) is 0. The second-order valence-electron chi connectivity index (χ2n) is 4.18. The van der Waals surface area contributed by atoms with Crippen molar-refractivity contribution in [3.05, 3.63) is 20.8 Å². The lowest BCUT2D eigenvalue weighted by atomic mass is 10.0. The fourth-order valence-corrected chi connectivity index (χ4v) is 1.96. The normalized spacial score (nSPS) is 22.4. The molecule has 0 aliphatic carbocycles. The average molecular weight is 225 g/mol. The molecular formula is C9H15N5O2. The van der Waals surface area contributed by atoms with Crippen LogP contribution in [0.4, 0.5) is 5.82 Å². The van der Waals surface area contributed by atoms with Crippen LogP contribution in [-0.2, 0) is 0 Å². The number of hydrogen-bond donors (Lipinski definition) is 3. The number of aromatic nitrogens is 3. The third kappa shape index (κ3) is 1.99. The van der Waals surface area contributed by atoms with Crippen molar-refractivity contribution in [2.75, 3.05) is 18.0 Å². The summed E-state index contributed by atoms with van der Waals surface area (Å²) in [5, 5.41) is 5.99. The van der Waals surface area contributed by atoms with Crippen molar-refractivity contribution in [2.45, 2.75) is 19.4 Å². The monoisotopic (exact) mass is 225 g/mol. The molecule has 1 aromatic rings. The smallest absolute Gasteiger partial charge is 0.342 e. The minimum atomic E-state index is -0.586. The third-order valence-electron chi connectivity index (χ3n) is 2.96. The molecule has 0 radical (unpaired) electrons. The van der Waals surface area contributed by atoms with Gasteiger partial charge in [-0.3, -0.25) is 9.78 Å². The Balaban J connectivity index is 2.21. The number of nitrogens with two attached hydrogens (primary N) is 1. The Morgan fingerprint density at radius 1 is 1.56 bits per heavy atom. The van der Waals surface area contributed by atoms with Crippen molar-refractivity contribution in [3.8, 4) is 0 Å². The maximum absolute atomic E-state index is 11.5. The molecule has 1 fully saturated rings. The number of anilines is 1. The molecule has 0 amide bonds.